The van der Waals surface area contributed by atoms with Crippen molar-refractivity contribution in [1.82, 2.24) is 4.98 Å². The molecule has 3 nitrogen and oxygen atoms in total. The first-order chi connectivity index (χ1) is 10.1. The minimum atomic E-state index is -0.169. The fraction of sp³-hybridized carbons (Fsp3) is 0.188. The molecule has 0 aliphatic rings. The van der Waals surface area contributed by atoms with E-state index in [1.165, 1.54) is 6.07 Å². The van der Waals surface area contributed by atoms with Gasteiger partial charge >= 0.3 is 0 Å². The molecule has 0 saturated carbocycles. The Morgan fingerprint density at radius 1 is 1.29 bits per heavy atom. The summed E-state index contributed by atoms with van der Waals surface area (Å²) in [4.78, 5) is 4.46. The van der Waals surface area contributed by atoms with Gasteiger partial charge in [0.25, 0.3) is 0 Å². The van der Waals surface area contributed by atoms with Crippen LogP contribution in [0.1, 0.15) is 10.6 Å². The van der Waals surface area contributed by atoms with Crippen molar-refractivity contribution >= 4 is 32.9 Å². The van der Waals surface area contributed by atoms with E-state index in [0.29, 0.717) is 24.2 Å². The van der Waals surface area contributed by atoms with Gasteiger partial charge in [-0.25, -0.2) is 9.37 Å². The highest BCUT2D eigenvalue weighted by atomic mass is 32.1. The predicted octanol–water partition coefficient (Wildman–Crippen LogP) is 3.98. The summed E-state index contributed by atoms with van der Waals surface area (Å²) in [5.41, 5.74) is 9.24. The summed E-state index contributed by atoms with van der Waals surface area (Å²) in [6.45, 7) is 2.60. The average molecular weight is 301 g/mol. The highest BCUT2D eigenvalue weighted by molar-refractivity contribution is 7.18. The third-order valence-corrected chi connectivity index (χ3v) is 4.27. The maximum absolute atomic E-state index is 13.5. The molecule has 0 atom stereocenters. The maximum Gasteiger partial charge on any atom is 0.126 e. The summed E-state index contributed by atoms with van der Waals surface area (Å²) in [6, 6.07) is 10.7. The molecule has 1 aromatic heterocycles. The van der Waals surface area contributed by atoms with E-state index in [1.54, 1.807) is 23.5 Å². The molecule has 2 aromatic carbocycles. The number of thiazole rings is 1. The molecule has 0 unspecified atom stereocenters. The third-order valence-electron chi connectivity index (χ3n) is 3.33. The first kappa shape index (κ1) is 13.8. The second-order valence-corrected chi connectivity index (χ2v) is 6.14. The number of rotatable bonds is 4. The number of aromatic nitrogens is 1. The Morgan fingerprint density at radius 3 is 2.90 bits per heavy atom. The van der Waals surface area contributed by atoms with Crippen molar-refractivity contribution in [2.24, 2.45) is 0 Å². The van der Waals surface area contributed by atoms with Gasteiger partial charge < -0.3 is 11.1 Å². The number of nitrogens with zero attached hydrogens (tertiary/aromatic N) is 1. The number of nitrogens with two attached hydrogens (primary N) is 1. The molecule has 0 aliphatic heterocycles. The monoisotopic (exact) mass is 301 g/mol. The standard InChI is InChI=1S/C16H16FN3S/c1-10-20-15-9-14(13(18)8-16(15)21-10)19-7-6-11-4-2-3-5-12(11)17/h2-5,8-9,19H,6-7,18H2,1H3. The molecule has 108 valence electrons. The number of benzene rings is 2. The Balaban J connectivity index is 1.73. The molecule has 3 aromatic rings. The van der Waals surface area contributed by atoms with Crippen molar-refractivity contribution in [2.75, 3.05) is 17.6 Å². The molecule has 0 fully saturated rings. The van der Waals surface area contributed by atoms with Gasteiger partial charge in [0.1, 0.15) is 5.82 Å². The first-order valence-electron chi connectivity index (χ1n) is 6.77. The highest BCUT2D eigenvalue weighted by Gasteiger charge is 2.06. The van der Waals surface area contributed by atoms with Gasteiger partial charge in [-0.15, -0.1) is 11.3 Å². The van der Waals surface area contributed by atoms with Crippen LogP contribution in [0.3, 0.4) is 0 Å². The molecule has 0 aliphatic carbocycles. The molecule has 0 radical (unpaired) electrons. The molecule has 5 heteroatoms. The number of hydrogen-bond acceptors (Lipinski definition) is 4. The summed E-state index contributed by atoms with van der Waals surface area (Å²) in [6.07, 6.45) is 0.611. The summed E-state index contributed by atoms with van der Waals surface area (Å²) < 4.78 is 14.6. The van der Waals surface area contributed by atoms with Crippen LogP contribution in [0, 0.1) is 12.7 Å². The normalized spacial score (nSPS) is 11.0. The molecule has 1 heterocycles. The van der Waals surface area contributed by atoms with Crippen molar-refractivity contribution in [1.29, 1.82) is 0 Å². The number of anilines is 2. The van der Waals surface area contributed by atoms with E-state index >= 15 is 0 Å². The Kier molecular flexibility index (Phi) is 3.75. The Bertz CT molecular complexity index is 782. The largest absolute Gasteiger partial charge is 0.397 e. The predicted molar refractivity (Wildman–Crippen MR) is 87.4 cm³/mol. The van der Waals surface area contributed by atoms with Gasteiger partial charge in [0, 0.05) is 6.54 Å². The van der Waals surface area contributed by atoms with Crippen LogP contribution in [-0.4, -0.2) is 11.5 Å². The summed E-state index contributed by atoms with van der Waals surface area (Å²) in [5, 5.41) is 4.28. The van der Waals surface area contributed by atoms with E-state index in [9.17, 15) is 4.39 Å². The van der Waals surface area contributed by atoms with Crippen LogP contribution in [0.4, 0.5) is 15.8 Å². The van der Waals surface area contributed by atoms with Gasteiger partial charge in [-0.1, -0.05) is 18.2 Å². The van der Waals surface area contributed by atoms with Gasteiger partial charge in [-0.3, -0.25) is 0 Å². The zero-order valence-corrected chi connectivity index (χ0v) is 12.5. The zero-order chi connectivity index (χ0) is 14.8. The SMILES string of the molecule is Cc1nc2cc(NCCc3ccccc3F)c(N)cc2s1. The fourth-order valence-electron chi connectivity index (χ4n) is 2.29. The van der Waals surface area contributed by atoms with Crippen molar-refractivity contribution in [3.05, 3.63) is 52.8 Å². The van der Waals surface area contributed by atoms with Gasteiger partial charge in [-0.05, 0) is 37.1 Å². The number of nitrogen functional groups attached to an aromatic ring is 1. The van der Waals surface area contributed by atoms with Gasteiger partial charge in [0.15, 0.2) is 0 Å². The zero-order valence-electron chi connectivity index (χ0n) is 11.7. The quantitative estimate of drug-likeness (QED) is 0.717. The molecular formula is C16H16FN3S. The number of aryl methyl sites for hydroxylation is 1. The lowest BCUT2D eigenvalue weighted by Crippen LogP contribution is -2.07. The van der Waals surface area contributed by atoms with Crippen LogP contribution >= 0.6 is 11.3 Å². The van der Waals surface area contributed by atoms with Crippen molar-refractivity contribution < 1.29 is 4.39 Å². The Hall–Kier alpha value is -2.14. The van der Waals surface area contributed by atoms with Gasteiger partial charge in [-0.2, -0.15) is 0 Å². The van der Waals surface area contributed by atoms with Crippen molar-refractivity contribution in [3.63, 3.8) is 0 Å². The van der Waals surface area contributed by atoms with Crippen LogP contribution in [0.15, 0.2) is 36.4 Å². The van der Waals surface area contributed by atoms with Crippen LogP contribution in [0.2, 0.25) is 0 Å². The van der Waals surface area contributed by atoms with E-state index in [2.05, 4.69) is 10.3 Å². The minimum Gasteiger partial charge on any atom is -0.397 e. The number of nitrogens with one attached hydrogen (secondary N) is 1. The van der Waals surface area contributed by atoms with Crippen LogP contribution in [-0.2, 0) is 6.42 Å². The van der Waals surface area contributed by atoms with Crippen molar-refractivity contribution in [2.45, 2.75) is 13.3 Å². The highest BCUT2D eigenvalue weighted by Crippen LogP contribution is 2.29. The van der Waals surface area contributed by atoms with Crippen LogP contribution in [0.5, 0.6) is 0 Å². The fourth-order valence-corrected chi connectivity index (χ4v) is 3.15. The molecule has 0 bridgehead atoms. The molecule has 0 spiro atoms. The maximum atomic E-state index is 13.5. The second kappa shape index (κ2) is 5.69. The third kappa shape index (κ3) is 2.97. The number of halogens is 1. The van der Waals surface area contributed by atoms with Crippen LogP contribution < -0.4 is 11.1 Å². The molecular weight excluding hydrogens is 285 g/mol. The lowest BCUT2D eigenvalue weighted by atomic mass is 10.1. The Morgan fingerprint density at radius 2 is 2.10 bits per heavy atom. The number of hydrogen-bond donors (Lipinski definition) is 2. The lowest BCUT2D eigenvalue weighted by molar-refractivity contribution is 0.610. The summed E-state index contributed by atoms with van der Waals surface area (Å²) >= 11 is 1.63. The molecule has 21 heavy (non-hydrogen) atoms. The van der Waals surface area contributed by atoms with Crippen LogP contribution in [0.25, 0.3) is 10.2 Å². The van der Waals surface area contributed by atoms with E-state index in [4.69, 9.17) is 5.73 Å². The lowest BCUT2D eigenvalue weighted by Gasteiger charge is -2.09. The van der Waals surface area contributed by atoms with E-state index in [-0.39, 0.29) is 5.82 Å². The number of fused-ring (bicyclic) bond motifs is 1. The molecule has 3 N–H and O–H groups in total. The van der Waals surface area contributed by atoms with Gasteiger partial charge in [0.05, 0.1) is 26.6 Å². The topological polar surface area (TPSA) is 50.9 Å². The Labute approximate surface area is 126 Å². The molecule has 0 saturated heterocycles. The van der Waals surface area contributed by atoms with E-state index < -0.39 is 0 Å². The first-order valence-corrected chi connectivity index (χ1v) is 7.59. The summed E-state index contributed by atoms with van der Waals surface area (Å²) in [5.74, 6) is -0.169. The summed E-state index contributed by atoms with van der Waals surface area (Å²) in [7, 11) is 0. The second-order valence-electron chi connectivity index (χ2n) is 4.91. The minimum absolute atomic E-state index is 0.169. The van der Waals surface area contributed by atoms with E-state index in [1.807, 2.05) is 25.1 Å². The van der Waals surface area contributed by atoms with Crippen molar-refractivity contribution in [3.8, 4) is 0 Å². The average Bonchev–Trinajstić information content (AvgIpc) is 2.80. The van der Waals surface area contributed by atoms with Gasteiger partial charge in [0.2, 0.25) is 0 Å². The van der Waals surface area contributed by atoms with E-state index in [0.717, 1.165) is 20.9 Å². The smallest absolute Gasteiger partial charge is 0.126 e. The molecule has 3 rings (SSSR count). The molecule has 0 amide bonds.